The van der Waals surface area contributed by atoms with Crippen LogP contribution in [0.15, 0.2) is 58.8 Å². The van der Waals surface area contributed by atoms with Gasteiger partial charge in [0.25, 0.3) is 5.91 Å². The number of unbranched alkanes of at least 4 members (excludes halogenated alkanes) is 2. The Morgan fingerprint density at radius 1 is 1.12 bits per heavy atom. The summed E-state index contributed by atoms with van der Waals surface area (Å²) in [5.74, 6) is 1.54. The molecule has 0 fully saturated rings. The van der Waals surface area contributed by atoms with Crippen LogP contribution < -0.4 is 10.2 Å². The van der Waals surface area contributed by atoms with Crippen LogP contribution in [0.1, 0.15) is 38.7 Å². The highest BCUT2D eigenvalue weighted by atomic mass is 35.5. The van der Waals surface area contributed by atoms with Gasteiger partial charge in [-0.2, -0.15) is 5.10 Å². The van der Waals surface area contributed by atoms with E-state index in [-0.39, 0.29) is 11.7 Å². The van der Waals surface area contributed by atoms with Crippen LogP contribution in [0.2, 0.25) is 5.02 Å². The normalized spacial score (nSPS) is 11.1. The lowest BCUT2D eigenvalue weighted by Crippen LogP contribution is -2.20. The molecule has 3 aromatic rings. The van der Waals surface area contributed by atoms with Gasteiger partial charge in [0.1, 0.15) is 5.75 Å². The number of nitrogens with zero attached hydrogens (tertiary/aromatic N) is 4. The third kappa shape index (κ3) is 7.61. The molecule has 0 aliphatic heterocycles. The first-order valence-corrected chi connectivity index (χ1v) is 12.3. The van der Waals surface area contributed by atoms with E-state index in [1.54, 1.807) is 6.21 Å². The Bertz CT molecular complexity index is 1050. The highest BCUT2D eigenvalue weighted by molar-refractivity contribution is 7.99. The van der Waals surface area contributed by atoms with E-state index < -0.39 is 0 Å². The summed E-state index contributed by atoms with van der Waals surface area (Å²) >= 11 is 7.29. The minimum absolute atomic E-state index is 0.181. The van der Waals surface area contributed by atoms with Crippen LogP contribution in [0, 0.1) is 0 Å². The highest BCUT2D eigenvalue weighted by Gasteiger charge is 2.14. The van der Waals surface area contributed by atoms with Gasteiger partial charge in [0.05, 0.1) is 18.6 Å². The molecule has 0 radical (unpaired) electrons. The minimum atomic E-state index is -0.217. The van der Waals surface area contributed by atoms with E-state index in [0.29, 0.717) is 16.7 Å². The fourth-order valence-electron chi connectivity index (χ4n) is 3.03. The maximum Gasteiger partial charge on any atom is 0.250 e. The quantitative estimate of drug-likeness (QED) is 0.160. The van der Waals surface area contributed by atoms with Crippen LogP contribution in [-0.2, 0) is 11.3 Å². The number of benzene rings is 2. The lowest BCUT2D eigenvalue weighted by atomic mass is 10.2. The second-order valence-corrected chi connectivity index (χ2v) is 8.64. The van der Waals surface area contributed by atoms with Crippen molar-refractivity contribution in [3.05, 3.63) is 59.1 Å². The van der Waals surface area contributed by atoms with Gasteiger partial charge >= 0.3 is 0 Å². The summed E-state index contributed by atoms with van der Waals surface area (Å²) < 4.78 is 7.67. The zero-order chi connectivity index (χ0) is 23.5. The largest absolute Gasteiger partial charge is 0.494 e. The first-order chi connectivity index (χ1) is 16.1. The molecule has 0 unspecified atom stereocenters. The summed E-state index contributed by atoms with van der Waals surface area (Å²) in [5, 5.41) is 13.9. The molecule has 0 aliphatic rings. The summed E-state index contributed by atoms with van der Waals surface area (Å²) in [4.78, 5) is 12.2. The van der Waals surface area contributed by atoms with Crippen molar-refractivity contribution in [3.63, 3.8) is 0 Å². The van der Waals surface area contributed by atoms with Gasteiger partial charge in [0.2, 0.25) is 0 Å². The molecule has 1 N–H and O–H groups in total. The summed E-state index contributed by atoms with van der Waals surface area (Å²) in [6.45, 7) is 5.59. The Balaban J connectivity index is 1.47. The number of hydrogen-bond donors (Lipinski definition) is 1. The molecule has 0 aliphatic carbocycles. The first kappa shape index (κ1) is 24.8. The van der Waals surface area contributed by atoms with Crippen LogP contribution in [0.4, 0.5) is 0 Å². The van der Waals surface area contributed by atoms with Crippen molar-refractivity contribution in [1.29, 1.82) is 0 Å². The molecule has 3 rings (SSSR count). The van der Waals surface area contributed by atoms with Crippen LogP contribution in [0.5, 0.6) is 5.75 Å². The van der Waals surface area contributed by atoms with Crippen molar-refractivity contribution >= 4 is 35.5 Å². The second kappa shape index (κ2) is 13.0. The smallest absolute Gasteiger partial charge is 0.250 e. The Hall–Kier alpha value is -2.84. The van der Waals surface area contributed by atoms with Crippen LogP contribution in [0.25, 0.3) is 11.4 Å². The number of thioether (sulfide) groups is 1. The fourth-order valence-corrected chi connectivity index (χ4v) is 3.95. The molecule has 0 atom stereocenters. The number of carbonyl (C=O) groups is 1. The molecule has 0 saturated heterocycles. The van der Waals surface area contributed by atoms with E-state index >= 15 is 0 Å². The number of nitrogens with one attached hydrogen (secondary N) is 1. The summed E-state index contributed by atoms with van der Waals surface area (Å²) in [6, 6.07) is 15.1. The van der Waals surface area contributed by atoms with Gasteiger partial charge in [0.15, 0.2) is 11.0 Å². The SMILES string of the molecule is CCCCCOc1ccc(/C=N\NC(=O)CSc2nnc(-c3ccc(Cl)cc3)n2CC)cc1. The van der Waals surface area contributed by atoms with Crippen molar-refractivity contribution in [2.75, 3.05) is 12.4 Å². The predicted molar refractivity (Wildman–Crippen MR) is 134 cm³/mol. The predicted octanol–water partition coefficient (Wildman–Crippen LogP) is 5.43. The van der Waals surface area contributed by atoms with Crippen LogP contribution in [0.3, 0.4) is 0 Å². The second-order valence-electron chi connectivity index (χ2n) is 7.26. The van der Waals surface area contributed by atoms with Gasteiger partial charge in [-0.05, 0) is 67.4 Å². The van der Waals surface area contributed by atoms with E-state index in [4.69, 9.17) is 16.3 Å². The molecule has 0 saturated carbocycles. The molecule has 9 heteroatoms. The molecule has 0 bridgehead atoms. The van der Waals surface area contributed by atoms with Gasteiger partial charge in [-0.15, -0.1) is 10.2 Å². The number of hydrazone groups is 1. The van der Waals surface area contributed by atoms with Crippen LogP contribution >= 0.6 is 23.4 Å². The lowest BCUT2D eigenvalue weighted by molar-refractivity contribution is -0.118. The van der Waals surface area contributed by atoms with Gasteiger partial charge < -0.3 is 9.30 Å². The maximum atomic E-state index is 12.2. The number of aromatic nitrogens is 3. The van der Waals surface area contributed by atoms with Gasteiger partial charge in [-0.1, -0.05) is 43.1 Å². The van der Waals surface area contributed by atoms with E-state index in [0.717, 1.165) is 35.7 Å². The van der Waals surface area contributed by atoms with Gasteiger partial charge in [-0.3, -0.25) is 4.79 Å². The van der Waals surface area contributed by atoms with Crippen LogP contribution in [-0.4, -0.2) is 39.2 Å². The lowest BCUT2D eigenvalue weighted by Gasteiger charge is -2.07. The molecular formula is C24H28ClN5O2S. The van der Waals surface area contributed by atoms with Crippen molar-refractivity contribution in [1.82, 2.24) is 20.2 Å². The number of carbonyl (C=O) groups excluding carboxylic acids is 1. The number of rotatable bonds is 12. The zero-order valence-electron chi connectivity index (χ0n) is 18.8. The number of hydrogen-bond acceptors (Lipinski definition) is 6. The van der Waals surface area contributed by atoms with E-state index in [1.807, 2.05) is 60.0 Å². The molecule has 0 spiro atoms. The molecule has 2 aromatic carbocycles. The summed E-state index contributed by atoms with van der Waals surface area (Å²) in [6.07, 6.45) is 5.01. The third-order valence-electron chi connectivity index (χ3n) is 4.77. The summed E-state index contributed by atoms with van der Waals surface area (Å²) in [5.41, 5.74) is 4.35. The van der Waals surface area contributed by atoms with Crippen molar-refractivity contribution in [2.24, 2.45) is 5.10 Å². The van der Waals surface area contributed by atoms with E-state index in [1.165, 1.54) is 24.6 Å². The van der Waals surface area contributed by atoms with Crippen molar-refractivity contribution in [2.45, 2.75) is 44.8 Å². The number of halogens is 1. The van der Waals surface area contributed by atoms with Crippen molar-refractivity contribution in [3.8, 4) is 17.1 Å². The molecule has 7 nitrogen and oxygen atoms in total. The van der Waals surface area contributed by atoms with Gasteiger partial charge in [-0.25, -0.2) is 5.43 Å². The van der Waals surface area contributed by atoms with E-state index in [9.17, 15) is 4.79 Å². The average Bonchev–Trinajstić information content (AvgIpc) is 3.25. The standard InChI is InChI=1S/C24H28ClN5O2S/c1-3-5-6-15-32-21-13-7-18(8-14-21)16-26-27-22(31)17-33-24-29-28-23(30(24)4-2)19-9-11-20(25)12-10-19/h7-14,16H,3-6,15,17H2,1-2H3,(H,27,31)/b26-16-. The fraction of sp³-hybridized carbons (Fsp3) is 0.333. The zero-order valence-corrected chi connectivity index (χ0v) is 20.4. The molecule has 1 amide bonds. The Morgan fingerprint density at radius 2 is 1.88 bits per heavy atom. The molecule has 174 valence electrons. The highest BCUT2D eigenvalue weighted by Crippen LogP contribution is 2.25. The number of amides is 1. The Labute approximate surface area is 203 Å². The number of ether oxygens (including phenoxy) is 1. The molecule has 1 aromatic heterocycles. The van der Waals surface area contributed by atoms with Gasteiger partial charge in [0, 0.05) is 17.1 Å². The monoisotopic (exact) mass is 485 g/mol. The molecular weight excluding hydrogens is 458 g/mol. The maximum absolute atomic E-state index is 12.2. The third-order valence-corrected chi connectivity index (χ3v) is 5.99. The first-order valence-electron chi connectivity index (χ1n) is 11.0. The summed E-state index contributed by atoms with van der Waals surface area (Å²) in [7, 11) is 0. The Kier molecular flexibility index (Phi) is 9.77. The molecule has 33 heavy (non-hydrogen) atoms. The Morgan fingerprint density at radius 3 is 2.58 bits per heavy atom. The molecule has 1 heterocycles. The average molecular weight is 486 g/mol. The van der Waals surface area contributed by atoms with Crippen molar-refractivity contribution < 1.29 is 9.53 Å². The minimum Gasteiger partial charge on any atom is -0.494 e. The topological polar surface area (TPSA) is 81.4 Å². The van der Waals surface area contributed by atoms with E-state index in [2.05, 4.69) is 27.6 Å².